The lowest BCUT2D eigenvalue weighted by molar-refractivity contribution is -0.302. The van der Waals surface area contributed by atoms with Gasteiger partial charge in [-0.25, -0.2) is 9.78 Å². The van der Waals surface area contributed by atoms with Gasteiger partial charge in [0.05, 0.1) is 13.2 Å². The highest BCUT2D eigenvalue weighted by Gasteiger charge is 2.13. The molecule has 0 saturated heterocycles. The maximum Gasteiger partial charge on any atom is 0.0850 e. The summed E-state index contributed by atoms with van der Waals surface area (Å²) < 4.78 is 0. The van der Waals surface area contributed by atoms with Crippen molar-refractivity contribution in [1.29, 1.82) is 0 Å². The van der Waals surface area contributed by atoms with Crippen LogP contribution in [0.4, 0.5) is 0 Å². The Hall–Kier alpha value is -0.0800. The summed E-state index contributed by atoms with van der Waals surface area (Å²) in [6.45, 7) is 3.72. The van der Waals surface area contributed by atoms with Gasteiger partial charge in [0.2, 0.25) is 0 Å². The predicted octanol–water partition coefficient (Wildman–Crippen LogP) is 3.32. The Morgan fingerprint density at radius 3 is 2.54 bits per heavy atom. The molecule has 0 aromatic carbocycles. The van der Waals surface area contributed by atoms with Gasteiger partial charge >= 0.3 is 0 Å². The maximum absolute atomic E-state index is 5.18. The lowest BCUT2D eigenvalue weighted by atomic mass is 9.90. The van der Waals surface area contributed by atoms with Crippen LogP contribution in [0.3, 0.4) is 0 Å². The SMILES string of the molecule is CCCCOOCC1CCCCC1. The molecule has 1 saturated carbocycles. The van der Waals surface area contributed by atoms with Crippen molar-refractivity contribution in [2.75, 3.05) is 13.2 Å². The fraction of sp³-hybridized carbons (Fsp3) is 1.00. The third-order valence-electron chi connectivity index (χ3n) is 2.69. The molecular formula is C11H22O2. The molecule has 0 bridgehead atoms. The van der Waals surface area contributed by atoms with Crippen molar-refractivity contribution in [2.24, 2.45) is 5.92 Å². The number of hydrogen-bond donors (Lipinski definition) is 0. The molecule has 0 unspecified atom stereocenters. The zero-order valence-electron chi connectivity index (χ0n) is 8.76. The minimum Gasteiger partial charge on any atom is -0.237 e. The van der Waals surface area contributed by atoms with E-state index >= 15 is 0 Å². The van der Waals surface area contributed by atoms with Gasteiger partial charge in [0.15, 0.2) is 0 Å². The molecule has 78 valence electrons. The molecule has 13 heavy (non-hydrogen) atoms. The molecule has 2 nitrogen and oxygen atoms in total. The van der Waals surface area contributed by atoms with Crippen LogP contribution in [0.2, 0.25) is 0 Å². The molecule has 2 heteroatoms. The molecule has 1 fully saturated rings. The van der Waals surface area contributed by atoms with Gasteiger partial charge in [-0.3, -0.25) is 0 Å². The van der Waals surface area contributed by atoms with Crippen LogP contribution in [0.25, 0.3) is 0 Å². The van der Waals surface area contributed by atoms with Crippen LogP contribution >= 0.6 is 0 Å². The lowest BCUT2D eigenvalue weighted by Crippen LogP contribution is -2.13. The topological polar surface area (TPSA) is 18.5 Å². The maximum atomic E-state index is 5.18. The first kappa shape index (κ1) is 11.0. The second-order valence-corrected chi connectivity index (χ2v) is 3.96. The second kappa shape index (κ2) is 7.34. The molecule has 1 aliphatic rings. The lowest BCUT2D eigenvalue weighted by Gasteiger charge is -2.20. The predicted molar refractivity (Wildman–Crippen MR) is 53.4 cm³/mol. The second-order valence-electron chi connectivity index (χ2n) is 3.96. The van der Waals surface area contributed by atoms with Crippen LogP contribution in [-0.4, -0.2) is 13.2 Å². The minimum absolute atomic E-state index is 0.753. The summed E-state index contributed by atoms with van der Waals surface area (Å²) in [4.78, 5) is 10.3. The molecular weight excluding hydrogens is 164 g/mol. The van der Waals surface area contributed by atoms with Gasteiger partial charge in [-0.05, 0) is 25.2 Å². The third-order valence-corrected chi connectivity index (χ3v) is 2.69. The van der Waals surface area contributed by atoms with E-state index in [0.717, 1.165) is 25.6 Å². The van der Waals surface area contributed by atoms with E-state index in [-0.39, 0.29) is 0 Å². The first-order chi connectivity index (χ1) is 6.43. The Morgan fingerprint density at radius 2 is 1.85 bits per heavy atom. The average molecular weight is 186 g/mol. The summed E-state index contributed by atoms with van der Waals surface area (Å²) in [5.74, 6) is 0.760. The highest BCUT2D eigenvalue weighted by molar-refractivity contribution is 4.63. The van der Waals surface area contributed by atoms with Crippen LogP contribution in [0.5, 0.6) is 0 Å². The molecule has 0 aliphatic heterocycles. The number of hydrogen-bond acceptors (Lipinski definition) is 2. The fourth-order valence-corrected chi connectivity index (χ4v) is 1.76. The first-order valence-electron chi connectivity index (χ1n) is 5.68. The summed E-state index contributed by atoms with van der Waals surface area (Å²) >= 11 is 0. The average Bonchev–Trinajstić information content (AvgIpc) is 2.19. The summed E-state index contributed by atoms with van der Waals surface area (Å²) in [7, 11) is 0. The molecule has 0 aromatic heterocycles. The van der Waals surface area contributed by atoms with Crippen molar-refractivity contribution in [2.45, 2.75) is 51.9 Å². The van der Waals surface area contributed by atoms with Gasteiger partial charge in [0.1, 0.15) is 0 Å². The van der Waals surface area contributed by atoms with Crippen LogP contribution in [0.15, 0.2) is 0 Å². The van der Waals surface area contributed by atoms with Crippen LogP contribution in [0, 0.1) is 5.92 Å². The summed E-state index contributed by atoms with van der Waals surface area (Å²) in [5.41, 5.74) is 0. The van der Waals surface area contributed by atoms with Crippen molar-refractivity contribution in [3.05, 3.63) is 0 Å². The van der Waals surface area contributed by atoms with Crippen molar-refractivity contribution in [3.8, 4) is 0 Å². The Morgan fingerprint density at radius 1 is 1.08 bits per heavy atom. The van der Waals surface area contributed by atoms with Crippen molar-refractivity contribution in [1.82, 2.24) is 0 Å². The molecule has 0 aromatic rings. The Balaban J connectivity index is 1.86. The van der Waals surface area contributed by atoms with Crippen LogP contribution < -0.4 is 0 Å². The van der Waals surface area contributed by atoms with E-state index in [9.17, 15) is 0 Å². The van der Waals surface area contributed by atoms with E-state index in [4.69, 9.17) is 9.78 Å². The summed E-state index contributed by atoms with van der Waals surface area (Å²) in [6.07, 6.45) is 9.10. The van der Waals surface area contributed by atoms with E-state index in [2.05, 4.69) is 6.92 Å². The van der Waals surface area contributed by atoms with E-state index < -0.39 is 0 Å². The molecule has 1 rings (SSSR count). The number of unbranched alkanes of at least 4 members (excludes halogenated alkanes) is 1. The zero-order valence-corrected chi connectivity index (χ0v) is 8.76. The normalized spacial score (nSPS) is 19.2. The first-order valence-corrected chi connectivity index (χ1v) is 5.68. The van der Waals surface area contributed by atoms with Gasteiger partial charge in [0.25, 0.3) is 0 Å². The van der Waals surface area contributed by atoms with Gasteiger partial charge < -0.3 is 0 Å². The summed E-state index contributed by atoms with van der Waals surface area (Å²) in [5, 5.41) is 0. The smallest absolute Gasteiger partial charge is 0.0850 e. The number of rotatable bonds is 6. The Bertz CT molecular complexity index is 109. The quantitative estimate of drug-likeness (QED) is 0.360. The van der Waals surface area contributed by atoms with Crippen molar-refractivity contribution in [3.63, 3.8) is 0 Å². The molecule has 0 N–H and O–H groups in total. The molecule has 0 heterocycles. The van der Waals surface area contributed by atoms with Gasteiger partial charge in [-0.1, -0.05) is 32.6 Å². The van der Waals surface area contributed by atoms with E-state index in [1.54, 1.807) is 0 Å². The largest absolute Gasteiger partial charge is 0.237 e. The van der Waals surface area contributed by atoms with Crippen molar-refractivity contribution >= 4 is 0 Å². The third kappa shape index (κ3) is 5.27. The monoisotopic (exact) mass is 186 g/mol. The molecule has 0 amide bonds. The summed E-state index contributed by atoms with van der Waals surface area (Å²) in [6, 6.07) is 0. The minimum atomic E-state index is 0.753. The van der Waals surface area contributed by atoms with Crippen molar-refractivity contribution < 1.29 is 9.78 Å². The van der Waals surface area contributed by atoms with E-state index in [1.165, 1.54) is 38.5 Å². The van der Waals surface area contributed by atoms with Gasteiger partial charge in [0, 0.05) is 0 Å². The molecule has 0 atom stereocenters. The van der Waals surface area contributed by atoms with Crippen LogP contribution in [-0.2, 0) is 9.78 Å². The molecule has 1 aliphatic carbocycles. The van der Waals surface area contributed by atoms with E-state index in [1.807, 2.05) is 0 Å². The van der Waals surface area contributed by atoms with Gasteiger partial charge in [-0.2, -0.15) is 0 Å². The Labute approximate surface area is 81.5 Å². The Kier molecular flexibility index (Phi) is 6.21. The van der Waals surface area contributed by atoms with Crippen LogP contribution in [0.1, 0.15) is 51.9 Å². The standard InChI is InChI=1S/C11H22O2/c1-2-3-9-12-13-10-11-7-5-4-6-8-11/h11H,2-10H2,1H3. The highest BCUT2D eigenvalue weighted by atomic mass is 17.2. The fourth-order valence-electron chi connectivity index (χ4n) is 1.76. The zero-order chi connectivity index (χ0) is 9.36. The molecule has 0 spiro atoms. The highest BCUT2D eigenvalue weighted by Crippen LogP contribution is 2.23. The van der Waals surface area contributed by atoms with Gasteiger partial charge in [-0.15, -0.1) is 0 Å². The molecule has 0 radical (unpaired) electrons. The van der Waals surface area contributed by atoms with E-state index in [0.29, 0.717) is 0 Å².